The van der Waals surface area contributed by atoms with Crippen LogP contribution in [-0.4, -0.2) is 30.4 Å². The molecule has 7 nitrogen and oxygen atoms in total. The summed E-state index contributed by atoms with van der Waals surface area (Å²) in [6.45, 7) is 1.99. The van der Waals surface area contributed by atoms with Gasteiger partial charge in [-0.1, -0.05) is 29.8 Å². The fourth-order valence-electron chi connectivity index (χ4n) is 4.40. The standard InChI is InChI=1S/C26H23ClN4O3S/c1-16-21-14-8-17-7-9-19(28-26(32)22-5-3-4-6-24(22)27)15-23(17)25(21)31(29-16)20-12-10-18(11-13-20)30-35(2,33)34/h3-7,9-13,15,30H,8,14H2,1-2H3,(H,28,32). The Morgan fingerprint density at radius 1 is 1.00 bits per heavy atom. The lowest BCUT2D eigenvalue weighted by atomic mass is 9.88. The van der Waals surface area contributed by atoms with Crippen molar-refractivity contribution in [3.05, 3.63) is 94.1 Å². The highest BCUT2D eigenvalue weighted by molar-refractivity contribution is 7.92. The highest BCUT2D eigenvalue weighted by Gasteiger charge is 2.25. The number of aromatic nitrogens is 2. The first-order valence-corrected chi connectivity index (χ1v) is 13.3. The maximum atomic E-state index is 12.8. The molecule has 3 aromatic carbocycles. The minimum absolute atomic E-state index is 0.273. The van der Waals surface area contributed by atoms with Crippen LogP contribution in [0.25, 0.3) is 16.9 Å². The van der Waals surface area contributed by atoms with E-state index in [1.54, 1.807) is 36.4 Å². The molecule has 178 valence electrons. The molecular weight excluding hydrogens is 484 g/mol. The number of carbonyl (C=O) groups is 1. The summed E-state index contributed by atoms with van der Waals surface area (Å²) in [6.07, 6.45) is 2.87. The molecule has 9 heteroatoms. The second-order valence-corrected chi connectivity index (χ2v) is 10.7. The molecule has 5 rings (SSSR count). The number of amides is 1. The van der Waals surface area contributed by atoms with Crippen LogP contribution in [0.1, 0.15) is 27.2 Å². The molecule has 1 heterocycles. The lowest BCUT2D eigenvalue weighted by molar-refractivity contribution is 0.102. The van der Waals surface area contributed by atoms with Crippen molar-refractivity contribution in [2.24, 2.45) is 0 Å². The third-order valence-electron chi connectivity index (χ3n) is 5.99. The number of nitrogens with one attached hydrogen (secondary N) is 2. The zero-order chi connectivity index (χ0) is 24.7. The van der Waals surface area contributed by atoms with E-state index in [9.17, 15) is 13.2 Å². The summed E-state index contributed by atoms with van der Waals surface area (Å²) < 4.78 is 27.4. The first-order chi connectivity index (χ1) is 16.7. The number of carbonyl (C=O) groups excluding carboxylic acids is 1. The predicted octanol–water partition coefficient (Wildman–Crippen LogP) is 5.22. The van der Waals surface area contributed by atoms with Crippen molar-refractivity contribution in [3.8, 4) is 16.9 Å². The number of hydrogen-bond acceptors (Lipinski definition) is 4. The molecule has 1 aromatic heterocycles. The Hall–Kier alpha value is -3.62. The third-order valence-corrected chi connectivity index (χ3v) is 6.92. The van der Waals surface area contributed by atoms with E-state index in [0.29, 0.717) is 22.0 Å². The van der Waals surface area contributed by atoms with E-state index < -0.39 is 10.0 Å². The molecule has 0 radical (unpaired) electrons. The quantitative estimate of drug-likeness (QED) is 0.388. The molecule has 0 atom stereocenters. The molecule has 0 unspecified atom stereocenters. The number of hydrogen-bond donors (Lipinski definition) is 2. The number of aryl methyl sites for hydroxylation is 2. The summed E-state index contributed by atoms with van der Waals surface area (Å²) in [5, 5.41) is 8.14. The van der Waals surface area contributed by atoms with Gasteiger partial charge in [-0.15, -0.1) is 0 Å². The Morgan fingerprint density at radius 2 is 1.71 bits per heavy atom. The number of nitrogens with zero attached hydrogens (tertiary/aromatic N) is 2. The Balaban J connectivity index is 1.52. The predicted molar refractivity (Wildman–Crippen MR) is 139 cm³/mol. The van der Waals surface area contributed by atoms with E-state index in [0.717, 1.165) is 47.3 Å². The Labute approximate surface area is 208 Å². The van der Waals surface area contributed by atoms with Crippen molar-refractivity contribution in [2.45, 2.75) is 19.8 Å². The zero-order valence-electron chi connectivity index (χ0n) is 19.2. The number of benzene rings is 3. The minimum Gasteiger partial charge on any atom is -0.322 e. The average molecular weight is 507 g/mol. The molecule has 0 saturated heterocycles. The van der Waals surface area contributed by atoms with Crippen molar-refractivity contribution in [2.75, 3.05) is 16.3 Å². The van der Waals surface area contributed by atoms with Crippen LogP contribution in [-0.2, 0) is 22.9 Å². The topological polar surface area (TPSA) is 93.1 Å². The van der Waals surface area contributed by atoms with E-state index in [1.807, 2.05) is 41.9 Å². The van der Waals surface area contributed by atoms with Gasteiger partial charge in [0.05, 0.1) is 33.9 Å². The lowest BCUT2D eigenvalue weighted by Gasteiger charge is -2.20. The van der Waals surface area contributed by atoms with Gasteiger partial charge in [-0.05, 0) is 73.9 Å². The van der Waals surface area contributed by atoms with Gasteiger partial charge in [-0.2, -0.15) is 5.10 Å². The van der Waals surface area contributed by atoms with Gasteiger partial charge in [0.2, 0.25) is 10.0 Å². The minimum atomic E-state index is -3.36. The van der Waals surface area contributed by atoms with Crippen molar-refractivity contribution in [1.82, 2.24) is 9.78 Å². The SMILES string of the molecule is Cc1nn(-c2ccc(NS(C)(=O)=O)cc2)c2c1CCc1ccc(NC(=O)c3ccccc3Cl)cc1-2. The van der Waals surface area contributed by atoms with E-state index >= 15 is 0 Å². The summed E-state index contributed by atoms with van der Waals surface area (Å²) in [6, 6.07) is 19.9. The zero-order valence-corrected chi connectivity index (χ0v) is 20.7. The molecule has 2 N–H and O–H groups in total. The molecule has 0 spiro atoms. The van der Waals surface area contributed by atoms with Crippen LogP contribution in [0.3, 0.4) is 0 Å². The van der Waals surface area contributed by atoms with Gasteiger partial charge in [-0.25, -0.2) is 13.1 Å². The largest absolute Gasteiger partial charge is 0.322 e. The molecule has 1 amide bonds. The van der Waals surface area contributed by atoms with E-state index in [-0.39, 0.29) is 5.91 Å². The summed E-state index contributed by atoms with van der Waals surface area (Å²) >= 11 is 6.20. The fraction of sp³-hybridized carbons (Fsp3) is 0.154. The van der Waals surface area contributed by atoms with Crippen molar-refractivity contribution >= 4 is 38.9 Å². The molecule has 0 saturated carbocycles. The normalized spacial score (nSPS) is 12.5. The van der Waals surface area contributed by atoms with Crippen LogP contribution < -0.4 is 10.0 Å². The van der Waals surface area contributed by atoms with Gasteiger partial charge >= 0.3 is 0 Å². The molecule has 4 aromatic rings. The number of anilines is 2. The molecule has 1 aliphatic rings. The number of sulfonamides is 1. The summed E-state index contributed by atoms with van der Waals surface area (Å²) in [5.74, 6) is -0.273. The third kappa shape index (κ3) is 4.67. The highest BCUT2D eigenvalue weighted by Crippen LogP contribution is 2.38. The molecule has 0 bridgehead atoms. The van der Waals surface area contributed by atoms with Gasteiger partial charge in [-0.3, -0.25) is 9.52 Å². The second kappa shape index (κ2) is 8.87. The Bertz CT molecular complexity index is 1560. The van der Waals surface area contributed by atoms with Gasteiger partial charge in [0.1, 0.15) is 0 Å². The molecule has 1 aliphatic carbocycles. The van der Waals surface area contributed by atoms with Gasteiger partial charge in [0.15, 0.2) is 0 Å². The Morgan fingerprint density at radius 3 is 2.43 bits per heavy atom. The van der Waals surface area contributed by atoms with Gasteiger partial charge in [0.25, 0.3) is 5.91 Å². The average Bonchev–Trinajstić information content (AvgIpc) is 3.15. The fourth-order valence-corrected chi connectivity index (χ4v) is 5.19. The number of rotatable bonds is 5. The smallest absolute Gasteiger partial charge is 0.257 e. The van der Waals surface area contributed by atoms with Crippen LogP contribution in [0.5, 0.6) is 0 Å². The molecule has 0 aliphatic heterocycles. The van der Waals surface area contributed by atoms with Crippen molar-refractivity contribution < 1.29 is 13.2 Å². The maximum Gasteiger partial charge on any atom is 0.257 e. The lowest BCUT2D eigenvalue weighted by Crippen LogP contribution is -2.13. The van der Waals surface area contributed by atoms with Crippen LogP contribution in [0.4, 0.5) is 11.4 Å². The number of fused-ring (bicyclic) bond motifs is 3. The van der Waals surface area contributed by atoms with E-state index in [4.69, 9.17) is 16.7 Å². The molecular formula is C26H23ClN4O3S. The maximum absolute atomic E-state index is 12.8. The highest BCUT2D eigenvalue weighted by atomic mass is 35.5. The summed E-state index contributed by atoms with van der Waals surface area (Å²) in [5.41, 5.74) is 7.62. The van der Waals surface area contributed by atoms with E-state index in [1.165, 1.54) is 5.56 Å². The van der Waals surface area contributed by atoms with Crippen LogP contribution in [0.2, 0.25) is 5.02 Å². The second-order valence-electron chi connectivity index (χ2n) is 8.55. The van der Waals surface area contributed by atoms with Crippen molar-refractivity contribution in [1.29, 1.82) is 0 Å². The van der Waals surface area contributed by atoms with E-state index in [2.05, 4.69) is 10.0 Å². The monoisotopic (exact) mass is 506 g/mol. The van der Waals surface area contributed by atoms with Crippen molar-refractivity contribution in [3.63, 3.8) is 0 Å². The Kier molecular flexibility index (Phi) is 5.86. The molecule has 35 heavy (non-hydrogen) atoms. The van der Waals surface area contributed by atoms with Crippen LogP contribution in [0.15, 0.2) is 66.7 Å². The molecule has 0 fully saturated rings. The van der Waals surface area contributed by atoms with Gasteiger partial charge in [0, 0.05) is 22.5 Å². The summed E-state index contributed by atoms with van der Waals surface area (Å²) in [7, 11) is -3.36. The first kappa shape index (κ1) is 23.1. The van der Waals surface area contributed by atoms with Gasteiger partial charge < -0.3 is 5.32 Å². The summed E-state index contributed by atoms with van der Waals surface area (Å²) in [4.78, 5) is 12.8. The van der Waals surface area contributed by atoms with Crippen LogP contribution in [0, 0.1) is 6.92 Å². The van der Waals surface area contributed by atoms with Crippen LogP contribution >= 0.6 is 11.6 Å². The first-order valence-electron chi connectivity index (χ1n) is 11.1. The number of halogens is 1.